The zero-order chi connectivity index (χ0) is 21.2. The molecule has 30 heavy (non-hydrogen) atoms. The molecule has 0 N–H and O–H groups in total. The predicted molar refractivity (Wildman–Crippen MR) is 115 cm³/mol. The highest BCUT2D eigenvalue weighted by molar-refractivity contribution is 7.89. The van der Waals surface area contributed by atoms with Crippen molar-refractivity contribution < 1.29 is 17.9 Å². The summed E-state index contributed by atoms with van der Waals surface area (Å²) in [5.41, 5.74) is 0.257. The monoisotopic (exact) mass is 448 g/mol. The van der Waals surface area contributed by atoms with E-state index in [0.717, 1.165) is 5.56 Å². The number of piperidine rings is 1. The van der Waals surface area contributed by atoms with Crippen molar-refractivity contribution in [3.8, 4) is 0 Å². The molecular weight excluding hydrogens is 424 g/mol. The van der Waals surface area contributed by atoms with Gasteiger partial charge < -0.3 is 9.64 Å². The third kappa shape index (κ3) is 4.25. The number of likely N-dealkylation sites (tertiary alicyclic amines) is 1. The Morgan fingerprint density at radius 1 is 1.00 bits per heavy atom. The topological polar surface area (TPSA) is 66.9 Å². The molecule has 2 saturated heterocycles. The van der Waals surface area contributed by atoms with Gasteiger partial charge in [-0.15, -0.1) is 0 Å². The van der Waals surface area contributed by atoms with Gasteiger partial charge in [0.25, 0.3) is 0 Å². The van der Waals surface area contributed by atoms with E-state index < -0.39 is 15.7 Å². The van der Waals surface area contributed by atoms with Crippen LogP contribution >= 0.6 is 11.6 Å². The van der Waals surface area contributed by atoms with Crippen molar-refractivity contribution in [2.75, 3.05) is 26.2 Å². The molecule has 0 unspecified atom stereocenters. The highest BCUT2D eigenvalue weighted by Crippen LogP contribution is 2.38. The second-order valence-corrected chi connectivity index (χ2v) is 9.99. The van der Waals surface area contributed by atoms with E-state index in [4.69, 9.17) is 16.3 Å². The van der Waals surface area contributed by atoms with Crippen LogP contribution in [-0.4, -0.2) is 55.5 Å². The van der Waals surface area contributed by atoms with Gasteiger partial charge in [0.1, 0.15) is 5.72 Å². The minimum atomic E-state index is -3.70. The Bertz CT molecular complexity index is 988. The number of carbonyl (C=O) groups excluding carboxylic acids is 1. The quantitative estimate of drug-likeness (QED) is 0.703. The molecule has 160 valence electrons. The van der Waals surface area contributed by atoms with Crippen LogP contribution < -0.4 is 0 Å². The van der Waals surface area contributed by atoms with Crippen LogP contribution in [0, 0.1) is 0 Å². The summed E-state index contributed by atoms with van der Waals surface area (Å²) in [4.78, 5) is 14.7. The van der Waals surface area contributed by atoms with Crippen molar-refractivity contribution in [2.24, 2.45) is 0 Å². The van der Waals surface area contributed by atoms with Crippen molar-refractivity contribution in [3.63, 3.8) is 0 Å². The molecule has 0 saturated carbocycles. The minimum Gasteiger partial charge on any atom is -0.358 e. The third-order valence-electron chi connectivity index (χ3n) is 5.89. The molecule has 8 heteroatoms. The Morgan fingerprint density at radius 3 is 2.33 bits per heavy atom. The largest absolute Gasteiger partial charge is 0.358 e. The molecule has 4 rings (SSSR count). The molecule has 1 spiro atoms. The smallest absolute Gasteiger partial charge is 0.245 e. The summed E-state index contributed by atoms with van der Waals surface area (Å²) >= 11 is 5.90. The van der Waals surface area contributed by atoms with Gasteiger partial charge in [-0.2, -0.15) is 4.31 Å². The number of nitrogens with zero attached hydrogens (tertiary/aromatic N) is 2. The number of hydrogen-bond acceptors (Lipinski definition) is 4. The van der Waals surface area contributed by atoms with Gasteiger partial charge in [-0.05, 0) is 36.2 Å². The van der Waals surface area contributed by atoms with Crippen LogP contribution in [0.4, 0.5) is 0 Å². The lowest BCUT2D eigenvalue weighted by Gasteiger charge is -2.42. The summed E-state index contributed by atoms with van der Waals surface area (Å²) in [6.07, 6.45) is 2.09. The van der Waals surface area contributed by atoms with Crippen LogP contribution in [0.15, 0.2) is 59.5 Å². The second kappa shape index (κ2) is 8.67. The zero-order valence-corrected chi connectivity index (χ0v) is 18.2. The molecular formula is C22H25ClN2O4S. The molecule has 2 aliphatic heterocycles. The van der Waals surface area contributed by atoms with E-state index in [1.54, 1.807) is 12.1 Å². The molecule has 2 aliphatic rings. The summed E-state index contributed by atoms with van der Waals surface area (Å²) in [6, 6.07) is 16.1. The lowest BCUT2D eigenvalue weighted by molar-refractivity contribution is -0.140. The van der Waals surface area contributed by atoms with Gasteiger partial charge in [-0.1, -0.05) is 41.9 Å². The maximum Gasteiger partial charge on any atom is 0.245 e. The minimum absolute atomic E-state index is 0.0961. The number of hydrogen-bond donors (Lipinski definition) is 0. The van der Waals surface area contributed by atoms with Crippen LogP contribution in [0.5, 0.6) is 0 Å². The van der Waals surface area contributed by atoms with E-state index in [0.29, 0.717) is 56.9 Å². The summed E-state index contributed by atoms with van der Waals surface area (Å²) < 4.78 is 33.9. The molecule has 0 aliphatic carbocycles. The van der Waals surface area contributed by atoms with Gasteiger partial charge in [-0.3, -0.25) is 4.79 Å². The fourth-order valence-corrected chi connectivity index (χ4v) is 6.07. The van der Waals surface area contributed by atoms with E-state index >= 15 is 0 Å². The molecule has 2 heterocycles. The van der Waals surface area contributed by atoms with Crippen LogP contribution in [-0.2, 0) is 26.0 Å². The number of halogens is 1. The fraction of sp³-hybridized carbons (Fsp3) is 0.409. The molecule has 0 bridgehead atoms. The van der Waals surface area contributed by atoms with E-state index in [9.17, 15) is 13.2 Å². The Kier molecular flexibility index (Phi) is 6.16. The van der Waals surface area contributed by atoms with Crippen molar-refractivity contribution in [2.45, 2.75) is 36.3 Å². The van der Waals surface area contributed by atoms with Crippen LogP contribution in [0.2, 0.25) is 5.02 Å². The Balaban J connectivity index is 1.41. The Hall–Kier alpha value is -1.93. The van der Waals surface area contributed by atoms with Crippen molar-refractivity contribution >= 4 is 27.5 Å². The number of sulfonamides is 1. The van der Waals surface area contributed by atoms with Gasteiger partial charge >= 0.3 is 0 Å². The number of carbonyl (C=O) groups is 1. The van der Waals surface area contributed by atoms with Gasteiger partial charge in [-0.25, -0.2) is 8.42 Å². The molecule has 6 nitrogen and oxygen atoms in total. The zero-order valence-electron chi connectivity index (χ0n) is 16.7. The predicted octanol–water partition coefficient (Wildman–Crippen LogP) is 3.31. The molecule has 1 amide bonds. The lowest BCUT2D eigenvalue weighted by atomic mass is 10.00. The molecule has 2 aromatic rings. The lowest BCUT2D eigenvalue weighted by Crippen LogP contribution is -2.55. The third-order valence-corrected chi connectivity index (χ3v) is 8.10. The average Bonchev–Trinajstić information content (AvgIpc) is 3.17. The van der Waals surface area contributed by atoms with Gasteiger partial charge in [0.2, 0.25) is 15.9 Å². The first kappa shape index (κ1) is 21.3. The van der Waals surface area contributed by atoms with Crippen LogP contribution in [0.3, 0.4) is 0 Å². The number of aryl methyl sites for hydroxylation is 1. The molecule has 2 aromatic carbocycles. The van der Waals surface area contributed by atoms with E-state index in [-0.39, 0.29) is 10.8 Å². The number of ether oxygens (including phenoxy) is 1. The number of rotatable bonds is 5. The highest BCUT2D eigenvalue weighted by atomic mass is 35.5. The Morgan fingerprint density at radius 2 is 1.67 bits per heavy atom. The van der Waals surface area contributed by atoms with Gasteiger partial charge in [0, 0.05) is 43.9 Å². The number of amides is 1. The summed E-state index contributed by atoms with van der Waals surface area (Å²) in [6.45, 7) is 1.64. The highest BCUT2D eigenvalue weighted by Gasteiger charge is 2.50. The molecule has 0 aromatic heterocycles. The first-order valence-electron chi connectivity index (χ1n) is 10.1. The van der Waals surface area contributed by atoms with Crippen molar-refractivity contribution in [1.29, 1.82) is 0 Å². The van der Waals surface area contributed by atoms with Gasteiger partial charge in [0.15, 0.2) is 0 Å². The summed E-state index contributed by atoms with van der Waals surface area (Å²) in [5, 5.41) is 0.489. The normalized spacial score (nSPS) is 19.3. The van der Waals surface area contributed by atoms with Gasteiger partial charge in [0.05, 0.1) is 11.5 Å². The van der Waals surface area contributed by atoms with E-state index in [1.807, 2.05) is 35.2 Å². The summed E-state index contributed by atoms with van der Waals surface area (Å²) in [7, 11) is -3.70. The first-order chi connectivity index (χ1) is 14.4. The molecule has 0 radical (unpaired) electrons. The Labute approximate surface area is 182 Å². The second-order valence-electron chi connectivity index (χ2n) is 7.69. The standard InChI is InChI=1S/C22H25ClN2O4S/c23-19-7-9-20(10-8-19)30(27,28)25-16-17-29-22(25)12-14-24(15-13-22)21(26)11-6-18-4-2-1-3-5-18/h1-5,7-10H,6,11-17H2. The molecule has 0 atom stereocenters. The fourth-order valence-electron chi connectivity index (χ4n) is 4.22. The maximum atomic E-state index is 13.2. The van der Waals surface area contributed by atoms with E-state index in [2.05, 4.69) is 0 Å². The van der Waals surface area contributed by atoms with E-state index in [1.165, 1.54) is 16.4 Å². The molecule has 2 fully saturated rings. The summed E-state index contributed by atoms with van der Waals surface area (Å²) in [5.74, 6) is 0.0961. The maximum absolute atomic E-state index is 13.2. The first-order valence-corrected chi connectivity index (χ1v) is 12.0. The number of benzene rings is 2. The SMILES string of the molecule is O=C(CCc1ccccc1)N1CCC2(CC1)OCCN2S(=O)(=O)c1ccc(Cl)cc1. The average molecular weight is 449 g/mol. The van der Waals surface area contributed by atoms with Crippen molar-refractivity contribution in [1.82, 2.24) is 9.21 Å². The van der Waals surface area contributed by atoms with Crippen molar-refractivity contribution in [3.05, 3.63) is 65.2 Å². The van der Waals surface area contributed by atoms with Crippen LogP contribution in [0.25, 0.3) is 0 Å². The van der Waals surface area contributed by atoms with Crippen LogP contribution in [0.1, 0.15) is 24.8 Å².